The Morgan fingerprint density at radius 1 is 1.38 bits per heavy atom. The molecule has 0 amide bonds. The van der Waals surface area contributed by atoms with E-state index in [1.54, 1.807) is 7.11 Å². The molecule has 4 N–H and O–H groups in total. The van der Waals surface area contributed by atoms with Gasteiger partial charge in [0.15, 0.2) is 0 Å². The minimum Gasteiger partial charge on any atom is -0.496 e. The molecule has 0 spiro atoms. The number of rotatable bonds is 3. The third-order valence-electron chi connectivity index (χ3n) is 3.04. The van der Waals surface area contributed by atoms with Gasteiger partial charge in [0.05, 0.1) is 18.8 Å². The van der Waals surface area contributed by atoms with E-state index in [1.807, 2.05) is 30.7 Å². The smallest absolute Gasteiger partial charge is 0.211 e. The maximum Gasteiger partial charge on any atom is 0.211 e. The Morgan fingerprint density at radius 2 is 2.05 bits per heavy atom. The second kappa shape index (κ2) is 6.69. The highest BCUT2D eigenvalue weighted by Crippen LogP contribution is 2.32. The second-order valence-electron chi connectivity index (χ2n) is 4.37. The van der Waals surface area contributed by atoms with Crippen molar-refractivity contribution in [1.82, 2.24) is 4.57 Å². The van der Waals surface area contributed by atoms with Crippen molar-refractivity contribution < 1.29 is 4.74 Å². The van der Waals surface area contributed by atoms with Crippen molar-refractivity contribution in [1.29, 1.82) is 0 Å². The van der Waals surface area contributed by atoms with Gasteiger partial charge in [-0.2, -0.15) is 5.10 Å². The van der Waals surface area contributed by atoms with E-state index in [0.29, 0.717) is 5.15 Å². The van der Waals surface area contributed by atoms with Crippen molar-refractivity contribution in [3.8, 4) is 5.75 Å². The highest BCUT2D eigenvalue weighted by atomic mass is 35.5. The van der Waals surface area contributed by atoms with Gasteiger partial charge in [0.25, 0.3) is 0 Å². The molecule has 1 aromatic carbocycles. The monoisotopic (exact) mass is 329 g/mol. The molecule has 0 atom stereocenters. The molecule has 0 aliphatic rings. The summed E-state index contributed by atoms with van der Waals surface area (Å²) in [6.45, 7) is 1.98. The zero-order valence-electron chi connectivity index (χ0n) is 11.9. The summed E-state index contributed by atoms with van der Waals surface area (Å²) in [5.74, 6) is 0.683. The highest BCUT2D eigenvalue weighted by molar-refractivity contribution is 6.34. The first kappa shape index (κ1) is 17.1. The summed E-state index contributed by atoms with van der Waals surface area (Å²) >= 11 is 6.32. The van der Waals surface area contributed by atoms with E-state index in [1.165, 1.54) is 6.21 Å². The molecular formula is C13H17Cl2N5O. The van der Waals surface area contributed by atoms with E-state index in [-0.39, 0.29) is 18.4 Å². The third kappa shape index (κ3) is 3.22. The van der Waals surface area contributed by atoms with Gasteiger partial charge in [0.1, 0.15) is 10.9 Å². The van der Waals surface area contributed by atoms with Crippen molar-refractivity contribution in [2.24, 2.45) is 28.7 Å². The lowest BCUT2D eigenvalue weighted by molar-refractivity contribution is 0.412. The molecule has 0 aliphatic heterocycles. The van der Waals surface area contributed by atoms with Gasteiger partial charge in [-0.25, -0.2) is 0 Å². The fourth-order valence-electron chi connectivity index (χ4n) is 2.06. The van der Waals surface area contributed by atoms with Crippen LogP contribution in [0.3, 0.4) is 0 Å². The quantitative estimate of drug-likeness (QED) is 0.513. The number of aryl methyl sites for hydroxylation is 2. The molecule has 6 nitrogen and oxygen atoms in total. The molecule has 114 valence electrons. The molecule has 21 heavy (non-hydrogen) atoms. The molecule has 1 heterocycles. The second-order valence-corrected chi connectivity index (χ2v) is 4.73. The van der Waals surface area contributed by atoms with Crippen LogP contribution in [0.1, 0.15) is 11.1 Å². The summed E-state index contributed by atoms with van der Waals surface area (Å²) in [4.78, 5) is 0. The van der Waals surface area contributed by atoms with Crippen LogP contribution in [0.15, 0.2) is 22.3 Å². The Morgan fingerprint density at radius 3 is 2.62 bits per heavy atom. The van der Waals surface area contributed by atoms with Crippen molar-refractivity contribution in [3.63, 3.8) is 0 Å². The maximum atomic E-state index is 6.32. The number of hydrogen-bond acceptors (Lipinski definition) is 3. The molecule has 0 aliphatic carbocycles. The summed E-state index contributed by atoms with van der Waals surface area (Å²) in [7, 11) is 3.51. The van der Waals surface area contributed by atoms with E-state index in [4.69, 9.17) is 27.8 Å². The standard InChI is InChI=1S/C13H16ClN5O.ClH/c1-7-4-10-8(5-11(7)20-3)9(12(14)19(10)2)6-17-18-13(15)16;/h4-6H,1-3H3,(H4,15,16,18);1H/b17-6+;. The summed E-state index contributed by atoms with van der Waals surface area (Å²) < 4.78 is 7.21. The molecule has 0 unspecified atom stereocenters. The van der Waals surface area contributed by atoms with Crippen LogP contribution in [0, 0.1) is 6.92 Å². The Hall–Kier alpha value is -1.92. The highest BCUT2D eigenvalue weighted by Gasteiger charge is 2.14. The first-order valence-corrected chi connectivity index (χ1v) is 6.28. The normalized spacial score (nSPS) is 10.7. The van der Waals surface area contributed by atoms with E-state index >= 15 is 0 Å². The number of hydrogen-bond donors (Lipinski definition) is 2. The average molecular weight is 330 g/mol. The molecule has 8 heteroatoms. The van der Waals surface area contributed by atoms with Gasteiger partial charge in [-0.1, -0.05) is 11.6 Å². The topological polar surface area (TPSA) is 90.9 Å². The fourth-order valence-corrected chi connectivity index (χ4v) is 2.30. The van der Waals surface area contributed by atoms with E-state index in [2.05, 4.69) is 10.2 Å². The summed E-state index contributed by atoms with van der Waals surface area (Å²) in [6.07, 6.45) is 1.53. The Kier molecular flexibility index (Phi) is 5.46. The number of nitrogens with two attached hydrogens (primary N) is 2. The van der Waals surface area contributed by atoms with Gasteiger partial charge in [-0.15, -0.1) is 17.5 Å². The first-order chi connectivity index (χ1) is 9.45. The average Bonchev–Trinajstić information content (AvgIpc) is 2.62. The zero-order chi connectivity index (χ0) is 14.9. The predicted molar refractivity (Wildman–Crippen MR) is 89.9 cm³/mol. The summed E-state index contributed by atoms with van der Waals surface area (Å²) in [6, 6.07) is 3.94. The number of fused-ring (bicyclic) bond motifs is 1. The van der Waals surface area contributed by atoms with Gasteiger partial charge in [0.2, 0.25) is 5.96 Å². The van der Waals surface area contributed by atoms with Crippen molar-refractivity contribution in [2.45, 2.75) is 6.92 Å². The molecule has 0 bridgehead atoms. The molecular weight excluding hydrogens is 313 g/mol. The molecule has 2 rings (SSSR count). The van der Waals surface area contributed by atoms with Crippen LogP contribution < -0.4 is 16.2 Å². The largest absolute Gasteiger partial charge is 0.496 e. The Labute approximate surface area is 133 Å². The van der Waals surface area contributed by atoms with E-state index in [0.717, 1.165) is 27.8 Å². The molecule has 0 radical (unpaired) electrons. The lowest BCUT2D eigenvalue weighted by Crippen LogP contribution is -2.21. The molecule has 0 fully saturated rings. The number of methoxy groups -OCH3 is 1. The number of nitrogens with zero attached hydrogens (tertiary/aromatic N) is 3. The first-order valence-electron chi connectivity index (χ1n) is 5.90. The lowest BCUT2D eigenvalue weighted by atomic mass is 10.1. The van der Waals surface area contributed by atoms with Gasteiger partial charge in [0, 0.05) is 18.0 Å². The minimum atomic E-state index is -0.106. The van der Waals surface area contributed by atoms with Crippen molar-refractivity contribution >= 4 is 47.1 Å². The maximum absolute atomic E-state index is 6.32. The predicted octanol–water partition coefficient (Wildman–Crippen LogP) is 2.18. The van der Waals surface area contributed by atoms with E-state index in [9.17, 15) is 0 Å². The summed E-state index contributed by atoms with van der Waals surface area (Å²) in [5, 5.41) is 8.88. The molecule has 2 aromatic rings. The van der Waals surface area contributed by atoms with E-state index < -0.39 is 0 Å². The van der Waals surface area contributed by atoms with Crippen LogP contribution in [0.2, 0.25) is 5.15 Å². The SMILES string of the molecule is COc1cc2c(/C=N/N=C(N)N)c(Cl)n(C)c2cc1C.Cl. The number of benzene rings is 1. The van der Waals surface area contributed by atoms with Gasteiger partial charge < -0.3 is 20.8 Å². The molecule has 0 saturated heterocycles. The van der Waals surface area contributed by atoms with Crippen LogP contribution in [0.25, 0.3) is 10.9 Å². The summed E-state index contributed by atoms with van der Waals surface area (Å²) in [5.41, 5.74) is 13.2. The Bertz CT molecular complexity index is 717. The molecule has 0 saturated carbocycles. The van der Waals surface area contributed by atoms with Crippen molar-refractivity contribution in [3.05, 3.63) is 28.4 Å². The number of ether oxygens (including phenoxy) is 1. The zero-order valence-corrected chi connectivity index (χ0v) is 13.5. The molecule has 1 aromatic heterocycles. The number of guanidine groups is 1. The van der Waals surface area contributed by atoms with Crippen LogP contribution in [0.5, 0.6) is 5.75 Å². The van der Waals surface area contributed by atoms with Gasteiger partial charge in [-0.3, -0.25) is 0 Å². The lowest BCUT2D eigenvalue weighted by Gasteiger charge is -2.05. The van der Waals surface area contributed by atoms with Gasteiger partial charge in [-0.05, 0) is 24.6 Å². The van der Waals surface area contributed by atoms with Crippen LogP contribution in [-0.4, -0.2) is 23.9 Å². The van der Waals surface area contributed by atoms with Crippen LogP contribution in [0.4, 0.5) is 0 Å². The van der Waals surface area contributed by atoms with Crippen LogP contribution >= 0.6 is 24.0 Å². The van der Waals surface area contributed by atoms with Crippen molar-refractivity contribution in [2.75, 3.05) is 7.11 Å². The minimum absolute atomic E-state index is 0. The van der Waals surface area contributed by atoms with Crippen LogP contribution in [-0.2, 0) is 7.05 Å². The number of halogens is 2. The number of aromatic nitrogens is 1. The fraction of sp³-hybridized carbons (Fsp3) is 0.231. The Balaban J connectivity index is 0.00000220. The third-order valence-corrected chi connectivity index (χ3v) is 3.50. The van der Waals surface area contributed by atoms with Gasteiger partial charge >= 0.3 is 0 Å².